The van der Waals surface area contributed by atoms with Crippen molar-refractivity contribution in [2.24, 2.45) is 0 Å². The highest BCUT2D eigenvalue weighted by Crippen LogP contribution is 2.16. The van der Waals surface area contributed by atoms with Crippen molar-refractivity contribution in [2.75, 3.05) is 6.54 Å². The van der Waals surface area contributed by atoms with E-state index in [9.17, 15) is 0 Å². The fourth-order valence-electron chi connectivity index (χ4n) is 2.75. The number of nitrogens with one attached hydrogen (secondary N) is 1. The highest BCUT2D eigenvalue weighted by molar-refractivity contribution is 7.09. The van der Waals surface area contributed by atoms with E-state index in [1.54, 1.807) is 11.3 Å². The zero-order valence-corrected chi connectivity index (χ0v) is 16.5. The number of aryl methyl sites for hydroxylation is 4. The van der Waals surface area contributed by atoms with Crippen LogP contribution in [0, 0.1) is 20.8 Å². The zero-order valence-electron chi connectivity index (χ0n) is 15.7. The van der Waals surface area contributed by atoms with Crippen molar-refractivity contribution in [1.29, 1.82) is 0 Å². The Morgan fingerprint density at radius 3 is 2.69 bits per heavy atom. The van der Waals surface area contributed by atoms with E-state index in [1.807, 2.05) is 19.1 Å². The van der Waals surface area contributed by atoms with Gasteiger partial charge in [-0.15, -0.1) is 11.3 Å². The zero-order chi connectivity index (χ0) is 18.4. The fraction of sp³-hybridized carbons (Fsp3) is 0.400. The van der Waals surface area contributed by atoms with Crippen LogP contribution in [-0.2, 0) is 19.7 Å². The first-order valence-electron chi connectivity index (χ1n) is 8.94. The average Bonchev–Trinajstić information content (AvgIpc) is 3.20. The molecule has 0 bridgehead atoms. The molecule has 0 radical (unpaired) electrons. The number of benzene rings is 1. The Morgan fingerprint density at radius 2 is 1.96 bits per heavy atom. The summed E-state index contributed by atoms with van der Waals surface area (Å²) in [7, 11) is 0. The summed E-state index contributed by atoms with van der Waals surface area (Å²) in [6.45, 7) is 9.41. The lowest BCUT2D eigenvalue weighted by molar-refractivity contribution is 0.305. The molecule has 2 aromatic heterocycles. The first-order chi connectivity index (χ1) is 12.6. The second-order valence-electron chi connectivity index (χ2n) is 6.51. The second-order valence-corrected chi connectivity index (χ2v) is 7.46. The van der Waals surface area contributed by atoms with Gasteiger partial charge in [-0.3, -0.25) is 4.68 Å². The lowest BCUT2D eigenvalue weighted by Crippen LogP contribution is -2.17. The van der Waals surface area contributed by atoms with Crippen LogP contribution in [-0.4, -0.2) is 21.3 Å². The van der Waals surface area contributed by atoms with Gasteiger partial charge in [0.2, 0.25) is 0 Å². The van der Waals surface area contributed by atoms with Crippen LogP contribution < -0.4 is 10.1 Å². The van der Waals surface area contributed by atoms with Gasteiger partial charge >= 0.3 is 0 Å². The van der Waals surface area contributed by atoms with Crippen molar-refractivity contribution < 1.29 is 4.74 Å². The Kier molecular flexibility index (Phi) is 6.41. The number of nitrogens with zero attached hydrogens (tertiary/aromatic N) is 3. The van der Waals surface area contributed by atoms with Crippen LogP contribution in [0.3, 0.4) is 0 Å². The van der Waals surface area contributed by atoms with Gasteiger partial charge in [0.25, 0.3) is 0 Å². The van der Waals surface area contributed by atoms with Gasteiger partial charge in [0.15, 0.2) is 0 Å². The summed E-state index contributed by atoms with van der Waals surface area (Å²) in [6.07, 6.45) is 1.05. The largest absolute Gasteiger partial charge is 0.486 e. The van der Waals surface area contributed by atoms with Gasteiger partial charge in [-0.25, -0.2) is 4.98 Å². The maximum atomic E-state index is 5.78. The number of rotatable bonds is 9. The van der Waals surface area contributed by atoms with Crippen LogP contribution in [0.15, 0.2) is 35.7 Å². The van der Waals surface area contributed by atoms with Gasteiger partial charge in [-0.2, -0.15) is 5.10 Å². The SMILES string of the molecule is Cc1ccc(OCc2nc(CNCCCn3nc(C)cc3C)cs2)cc1. The highest BCUT2D eigenvalue weighted by atomic mass is 32.1. The molecular weight excluding hydrogens is 344 g/mol. The summed E-state index contributed by atoms with van der Waals surface area (Å²) >= 11 is 1.65. The Morgan fingerprint density at radius 1 is 1.15 bits per heavy atom. The Labute approximate surface area is 159 Å². The number of hydrogen-bond acceptors (Lipinski definition) is 5. The van der Waals surface area contributed by atoms with E-state index in [1.165, 1.54) is 11.3 Å². The molecule has 0 atom stereocenters. The summed E-state index contributed by atoms with van der Waals surface area (Å²) in [5, 5.41) is 11.0. The van der Waals surface area contributed by atoms with Crippen LogP contribution in [0.2, 0.25) is 0 Å². The molecule has 2 heterocycles. The van der Waals surface area contributed by atoms with Gasteiger partial charge in [-0.05, 0) is 51.9 Å². The first-order valence-corrected chi connectivity index (χ1v) is 9.82. The molecule has 0 amide bonds. The molecule has 0 saturated carbocycles. The third-order valence-electron chi connectivity index (χ3n) is 4.12. The monoisotopic (exact) mass is 370 g/mol. The Balaban J connectivity index is 1.35. The molecule has 26 heavy (non-hydrogen) atoms. The molecule has 138 valence electrons. The molecule has 0 spiro atoms. The van der Waals surface area contributed by atoms with Crippen LogP contribution in [0.5, 0.6) is 5.75 Å². The van der Waals surface area contributed by atoms with Gasteiger partial charge in [0.1, 0.15) is 17.4 Å². The lowest BCUT2D eigenvalue weighted by Gasteiger charge is -2.05. The van der Waals surface area contributed by atoms with E-state index >= 15 is 0 Å². The van der Waals surface area contributed by atoms with Crippen molar-refractivity contribution in [3.05, 3.63) is 63.4 Å². The van der Waals surface area contributed by atoms with E-state index in [-0.39, 0.29) is 0 Å². The minimum Gasteiger partial charge on any atom is -0.486 e. The molecule has 0 unspecified atom stereocenters. The van der Waals surface area contributed by atoms with Gasteiger partial charge in [0.05, 0.1) is 11.4 Å². The van der Waals surface area contributed by atoms with E-state index in [2.05, 4.69) is 57.5 Å². The van der Waals surface area contributed by atoms with Gasteiger partial charge < -0.3 is 10.1 Å². The van der Waals surface area contributed by atoms with Crippen molar-refractivity contribution >= 4 is 11.3 Å². The van der Waals surface area contributed by atoms with Crippen molar-refractivity contribution in [2.45, 2.75) is 46.9 Å². The predicted octanol–water partition coefficient (Wildman–Crippen LogP) is 4.02. The highest BCUT2D eigenvalue weighted by Gasteiger charge is 2.04. The van der Waals surface area contributed by atoms with Crippen LogP contribution in [0.4, 0.5) is 0 Å². The van der Waals surface area contributed by atoms with E-state index in [0.717, 1.165) is 48.2 Å². The normalized spacial score (nSPS) is 11.0. The van der Waals surface area contributed by atoms with Gasteiger partial charge in [-0.1, -0.05) is 17.7 Å². The third kappa shape index (κ3) is 5.41. The van der Waals surface area contributed by atoms with Crippen LogP contribution >= 0.6 is 11.3 Å². The Bertz CT molecular complexity index is 823. The molecule has 1 N–H and O–H groups in total. The topological polar surface area (TPSA) is 52.0 Å². The molecule has 5 nitrogen and oxygen atoms in total. The van der Waals surface area contributed by atoms with Crippen molar-refractivity contribution in [1.82, 2.24) is 20.1 Å². The summed E-state index contributed by atoms with van der Waals surface area (Å²) in [4.78, 5) is 4.63. The minimum absolute atomic E-state index is 0.519. The molecule has 0 fully saturated rings. The molecule has 1 aromatic carbocycles. The van der Waals surface area contributed by atoms with Gasteiger partial charge in [0, 0.05) is 24.2 Å². The lowest BCUT2D eigenvalue weighted by atomic mass is 10.2. The summed E-state index contributed by atoms with van der Waals surface area (Å²) in [5.74, 6) is 0.884. The van der Waals surface area contributed by atoms with Crippen LogP contribution in [0.25, 0.3) is 0 Å². The van der Waals surface area contributed by atoms with E-state index in [0.29, 0.717) is 6.61 Å². The fourth-order valence-corrected chi connectivity index (χ4v) is 3.45. The molecule has 3 rings (SSSR count). The molecule has 0 aliphatic heterocycles. The summed E-state index contributed by atoms with van der Waals surface area (Å²) in [6, 6.07) is 10.2. The maximum Gasteiger partial charge on any atom is 0.140 e. The van der Waals surface area contributed by atoms with E-state index in [4.69, 9.17) is 4.74 Å². The molecule has 0 aliphatic rings. The minimum atomic E-state index is 0.519. The number of hydrogen-bond donors (Lipinski definition) is 1. The molecular formula is C20H26N4OS. The van der Waals surface area contributed by atoms with Crippen molar-refractivity contribution in [3.8, 4) is 5.75 Å². The molecule has 0 saturated heterocycles. The molecule has 0 aliphatic carbocycles. The summed E-state index contributed by atoms with van der Waals surface area (Å²) in [5.41, 5.74) is 4.61. The Hall–Kier alpha value is -2.18. The number of ether oxygens (including phenoxy) is 1. The quantitative estimate of drug-likeness (QED) is 0.578. The smallest absolute Gasteiger partial charge is 0.140 e. The first kappa shape index (κ1) is 18.6. The molecule has 6 heteroatoms. The average molecular weight is 371 g/mol. The summed E-state index contributed by atoms with van der Waals surface area (Å²) < 4.78 is 7.85. The number of aromatic nitrogens is 3. The van der Waals surface area contributed by atoms with Crippen LogP contribution in [0.1, 0.15) is 34.1 Å². The maximum absolute atomic E-state index is 5.78. The third-order valence-corrected chi connectivity index (χ3v) is 4.99. The molecule has 3 aromatic rings. The van der Waals surface area contributed by atoms with Crippen molar-refractivity contribution in [3.63, 3.8) is 0 Å². The second kappa shape index (κ2) is 8.96. The standard InChI is InChI=1S/C20H26N4OS/c1-15-5-7-19(8-6-15)25-13-20-22-18(14-26-20)12-21-9-4-10-24-17(3)11-16(2)23-24/h5-8,11,14,21H,4,9-10,12-13H2,1-3H3. The predicted molar refractivity (Wildman–Crippen MR) is 106 cm³/mol. The van der Waals surface area contributed by atoms with E-state index < -0.39 is 0 Å². The number of thiazole rings is 1.